The van der Waals surface area contributed by atoms with Gasteiger partial charge in [-0.1, -0.05) is 166 Å². The van der Waals surface area contributed by atoms with E-state index in [2.05, 4.69) is 194 Å². The van der Waals surface area contributed by atoms with Gasteiger partial charge in [-0.05, 0) is 101 Å². The summed E-state index contributed by atoms with van der Waals surface area (Å²) in [6, 6.07) is 65.2. The zero-order chi connectivity index (χ0) is 34.6. The molecule has 1 heteroatoms. The highest BCUT2D eigenvalue weighted by molar-refractivity contribution is 6.28. The Morgan fingerprint density at radius 2 is 0.981 bits per heavy atom. The molecule has 1 aliphatic rings. The van der Waals surface area contributed by atoms with Crippen molar-refractivity contribution in [2.45, 2.75) is 19.3 Å². The van der Waals surface area contributed by atoms with Crippen molar-refractivity contribution in [3.63, 3.8) is 0 Å². The highest BCUT2D eigenvalue weighted by Crippen LogP contribution is 2.54. The maximum atomic E-state index is 2.49. The molecule has 244 valence electrons. The molecule has 0 N–H and O–H groups in total. The predicted molar refractivity (Wildman–Crippen MR) is 221 cm³/mol. The molecular weight excluding hydrogens is 627 g/mol. The number of benzene rings is 9. The second-order valence-corrected chi connectivity index (χ2v) is 14.9. The van der Waals surface area contributed by atoms with Crippen LogP contribution < -0.4 is 0 Å². The van der Waals surface area contributed by atoms with Crippen LogP contribution in [0.2, 0.25) is 0 Å². The van der Waals surface area contributed by atoms with Gasteiger partial charge in [0.25, 0.3) is 0 Å². The van der Waals surface area contributed by atoms with Crippen molar-refractivity contribution in [1.82, 2.24) is 4.57 Å². The van der Waals surface area contributed by atoms with Gasteiger partial charge in [-0.15, -0.1) is 0 Å². The Morgan fingerprint density at radius 1 is 0.404 bits per heavy atom. The van der Waals surface area contributed by atoms with Crippen LogP contribution in [0.1, 0.15) is 25.0 Å². The molecule has 0 atom stereocenters. The molecule has 0 bridgehead atoms. The van der Waals surface area contributed by atoms with E-state index in [1.807, 2.05) is 0 Å². The van der Waals surface area contributed by atoms with E-state index >= 15 is 0 Å². The van der Waals surface area contributed by atoms with E-state index in [0.717, 1.165) is 0 Å². The fourth-order valence-corrected chi connectivity index (χ4v) is 9.44. The molecule has 0 unspecified atom stereocenters. The number of hydrogen-bond acceptors (Lipinski definition) is 0. The normalized spacial score (nSPS) is 13.3. The van der Waals surface area contributed by atoms with Crippen LogP contribution in [-0.2, 0) is 5.41 Å². The molecule has 1 aromatic heterocycles. The molecule has 0 aliphatic heterocycles. The van der Waals surface area contributed by atoms with E-state index in [1.54, 1.807) is 0 Å². The lowest BCUT2D eigenvalue weighted by atomic mass is 9.81. The van der Waals surface area contributed by atoms with Gasteiger partial charge < -0.3 is 4.57 Å². The summed E-state index contributed by atoms with van der Waals surface area (Å²) in [6.07, 6.45) is 0. The summed E-state index contributed by atoms with van der Waals surface area (Å²) in [5.41, 5.74) is 15.3. The van der Waals surface area contributed by atoms with Crippen molar-refractivity contribution in [2.75, 3.05) is 0 Å². The SMILES string of the molecule is CC1(C)c2ccccc2-c2c1c1cc(-c3ccc4ccc5c(-c6ccccc6-c6ccccc6)ccc6ccc3c4c65)ccc1n2-c1ccccc1. The minimum Gasteiger partial charge on any atom is -0.309 e. The van der Waals surface area contributed by atoms with Gasteiger partial charge in [-0.2, -0.15) is 0 Å². The third-order valence-electron chi connectivity index (χ3n) is 11.7. The van der Waals surface area contributed by atoms with Crippen molar-refractivity contribution < 1.29 is 0 Å². The van der Waals surface area contributed by atoms with Gasteiger partial charge in [-0.3, -0.25) is 0 Å². The first-order valence-electron chi connectivity index (χ1n) is 18.3. The monoisotopic (exact) mass is 661 g/mol. The molecule has 11 rings (SSSR count). The fraction of sp³-hybridized carbons (Fsp3) is 0.0588. The molecule has 0 spiro atoms. The summed E-state index contributed by atoms with van der Waals surface area (Å²) in [4.78, 5) is 0. The molecule has 1 heterocycles. The maximum absolute atomic E-state index is 2.49. The Labute approximate surface area is 303 Å². The lowest BCUT2D eigenvalue weighted by molar-refractivity contribution is 0.666. The van der Waals surface area contributed by atoms with Gasteiger partial charge in [0.2, 0.25) is 0 Å². The van der Waals surface area contributed by atoms with Gasteiger partial charge in [0.05, 0.1) is 11.2 Å². The molecule has 10 aromatic rings. The zero-order valence-electron chi connectivity index (χ0n) is 29.2. The van der Waals surface area contributed by atoms with Crippen LogP contribution in [0.25, 0.3) is 93.5 Å². The van der Waals surface area contributed by atoms with Crippen molar-refractivity contribution in [2.24, 2.45) is 0 Å². The van der Waals surface area contributed by atoms with Crippen LogP contribution in [0, 0.1) is 0 Å². The molecule has 1 nitrogen and oxygen atoms in total. The summed E-state index contributed by atoms with van der Waals surface area (Å²) >= 11 is 0. The molecule has 9 aromatic carbocycles. The Balaban J connectivity index is 1.16. The van der Waals surface area contributed by atoms with Crippen LogP contribution >= 0.6 is 0 Å². The molecule has 0 saturated carbocycles. The van der Waals surface area contributed by atoms with Gasteiger partial charge in [0, 0.05) is 22.1 Å². The number of para-hydroxylation sites is 1. The summed E-state index contributed by atoms with van der Waals surface area (Å²) in [7, 11) is 0. The molecule has 0 radical (unpaired) electrons. The van der Waals surface area contributed by atoms with Crippen LogP contribution in [0.4, 0.5) is 0 Å². The number of nitrogens with zero attached hydrogens (tertiary/aromatic N) is 1. The fourth-order valence-electron chi connectivity index (χ4n) is 9.44. The third kappa shape index (κ3) is 3.99. The topological polar surface area (TPSA) is 4.93 Å². The van der Waals surface area contributed by atoms with Crippen molar-refractivity contribution in [3.8, 4) is 50.3 Å². The summed E-state index contributed by atoms with van der Waals surface area (Å²) < 4.78 is 2.49. The second-order valence-electron chi connectivity index (χ2n) is 14.9. The minimum absolute atomic E-state index is 0.127. The summed E-state index contributed by atoms with van der Waals surface area (Å²) in [6.45, 7) is 4.78. The van der Waals surface area contributed by atoms with Gasteiger partial charge in [0.1, 0.15) is 0 Å². The van der Waals surface area contributed by atoms with Gasteiger partial charge >= 0.3 is 0 Å². The predicted octanol–water partition coefficient (Wildman–Crippen LogP) is 13.8. The lowest BCUT2D eigenvalue weighted by Crippen LogP contribution is -2.14. The highest BCUT2D eigenvalue weighted by Gasteiger charge is 2.40. The van der Waals surface area contributed by atoms with E-state index in [-0.39, 0.29) is 5.41 Å². The number of hydrogen-bond donors (Lipinski definition) is 0. The molecule has 1 aliphatic carbocycles. The first-order chi connectivity index (χ1) is 25.6. The largest absolute Gasteiger partial charge is 0.309 e. The quantitative estimate of drug-likeness (QED) is 0.165. The molecule has 0 saturated heterocycles. The smallest absolute Gasteiger partial charge is 0.0584 e. The number of aromatic nitrogens is 1. The van der Waals surface area contributed by atoms with Crippen LogP contribution in [-0.4, -0.2) is 4.57 Å². The Bertz CT molecular complexity index is 3020. The first-order valence-corrected chi connectivity index (χ1v) is 18.3. The van der Waals surface area contributed by atoms with E-state index < -0.39 is 0 Å². The average molecular weight is 662 g/mol. The molecule has 52 heavy (non-hydrogen) atoms. The average Bonchev–Trinajstić information content (AvgIpc) is 3.67. The van der Waals surface area contributed by atoms with Crippen molar-refractivity contribution >= 4 is 43.2 Å². The number of fused-ring (bicyclic) bond motifs is 5. The van der Waals surface area contributed by atoms with E-state index in [1.165, 1.54) is 105 Å². The Kier molecular flexibility index (Phi) is 6.08. The van der Waals surface area contributed by atoms with E-state index in [0.29, 0.717) is 0 Å². The zero-order valence-corrected chi connectivity index (χ0v) is 29.2. The lowest BCUT2D eigenvalue weighted by Gasteiger charge is -2.21. The summed E-state index contributed by atoms with van der Waals surface area (Å²) in [5.74, 6) is 0. The maximum Gasteiger partial charge on any atom is 0.0584 e. The molecule has 0 amide bonds. The first kappa shape index (κ1) is 29.3. The van der Waals surface area contributed by atoms with Crippen molar-refractivity contribution in [3.05, 3.63) is 187 Å². The van der Waals surface area contributed by atoms with Crippen molar-refractivity contribution in [1.29, 1.82) is 0 Å². The van der Waals surface area contributed by atoms with Crippen LogP contribution in [0.15, 0.2) is 176 Å². The minimum atomic E-state index is -0.127. The van der Waals surface area contributed by atoms with Crippen LogP contribution in [0.5, 0.6) is 0 Å². The van der Waals surface area contributed by atoms with Gasteiger partial charge in [0.15, 0.2) is 0 Å². The summed E-state index contributed by atoms with van der Waals surface area (Å²) in [5, 5.41) is 9.15. The highest BCUT2D eigenvalue weighted by atomic mass is 15.0. The molecular formula is C51H35N. The van der Waals surface area contributed by atoms with Gasteiger partial charge in [-0.25, -0.2) is 0 Å². The third-order valence-corrected chi connectivity index (χ3v) is 11.7. The standard InChI is InChI=1S/C51H35N/c1-51(2)45-20-12-11-19-43(45)50-49(51)44-31-35(25-30-46(44)52(50)36-15-7-4-8-16-36)38-26-21-33-24-29-42-40(27-22-34-23-28-41(38)47(33)48(34)42)39-18-10-9-17-37(39)32-13-5-3-6-14-32/h3-31H,1-2H3. The van der Waals surface area contributed by atoms with E-state index in [9.17, 15) is 0 Å². The number of rotatable bonds is 4. The Morgan fingerprint density at radius 3 is 1.71 bits per heavy atom. The Hall–Kier alpha value is -6.44. The molecule has 0 fully saturated rings. The van der Waals surface area contributed by atoms with Crippen LogP contribution in [0.3, 0.4) is 0 Å². The van der Waals surface area contributed by atoms with E-state index in [4.69, 9.17) is 0 Å². The second kappa shape index (κ2) is 10.8.